The minimum Gasteiger partial charge on any atom is -0.394 e. The lowest BCUT2D eigenvalue weighted by molar-refractivity contribution is 0.216. The van der Waals surface area contributed by atoms with Gasteiger partial charge in [-0.1, -0.05) is 52.9 Å². The molecule has 0 unspecified atom stereocenters. The van der Waals surface area contributed by atoms with Gasteiger partial charge in [-0.05, 0) is 34.5 Å². The van der Waals surface area contributed by atoms with E-state index in [-0.39, 0.29) is 6.10 Å². The Morgan fingerprint density at radius 3 is 1.25 bits per heavy atom. The molecule has 0 radical (unpaired) electrons. The summed E-state index contributed by atoms with van der Waals surface area (Å²) >= 11 is 0. The molecule has 0 spiro atoms. The summed E-state index contributed by atoms with van der Waals surface area (Å²) in [6, 6.07) is 0. The van der Waals surface area contributed by atoms with Gasteiger partial charge in [-0.2, -0.15) is 0 Å². The van der Waals surface area contributed by atoms with Gasteiger partial charge in [-0.25, -0.2) is 0 Å². The Bertz CT molecular complexity index is 86.0. The van der Waals surface area contributed by atoms with Crippen LogP contribution in [0.5, 0.6) is 0 Å². The molecule has 0 rings (SSSR count). The van der Waals surface area contributed by atoms with Crippen LogP contribution in [0.4, 0.5) is 0 Å². The van der Waals surface area contributed by atoms with Crippen molar-refractivity contribution in [3.8, 4) is 0 Å². The van der Waals surface area contributed by atoms with Crippen LogP contribution in [0.3, 0.4) is 0 Å². The monoisotopic (exact) mass is 233 g/mol. The number of nitrogens with zero attached hydrogens (tertiary/aromatic N) is 1. The molecule has 0 fully saturated rings. The number of aliphatic hydroxyl groups is 1. The molecule has 0 aromatic carbocycles. The molecule has 0 heterocycles. The molecule has 0 saturated heterocycles. The molecule has 0 aromatic rings. The fourth-order valence-corrected chi connectivity index (χ4v) is 0.677. The Morgan fingerprint density at radius 1 is 0.875 bits per heavy atom. The summed E-state index contributed by atoms with van der Waals surface area (Å²) in [4.78, 5) is 2.12. The molecule has 2 nitrogen and oxygen atoms in total. The lowest BCUT2D eigenvalue weighted by Crippen LogP contribution is -2.08. The molecule has 0 aromatic heterocycles. The molecule has 0 atom stereocenters. The largest absolute Gasteiger partial charge is 0.394 e. The van der Waals surface area contributed by atoms with E-state index in [1.54, 1.807) is 13.8 Å². The van der Waals surface area contributed by atoms with Crippen molar-refractivity contribution in [2.24, 2.45) is 0 Å². The topological polar surface area (TPSA) is 23.5 Å². The van der Waals surface area contributed by atoms with Gasteiger partial charge in [0.05, 0.1) is 0 Å². The predicted molar refractivity (Wildman–Crippen MR) is 76.0 cm³/mol. The van der Waals surface area contributed by atoms with E-state index >= 15 is 0 Å². The molecule has 0 aliphatic rings. The van der Waals surface area contributed by atoms with Crippen LogP contribution >= 0.6 is 0 Å². The Hall–Kier alpha value is -0.0800. The first-order valence-corrected chi connectivity index (χ1v) is 6.74. The van der Waals surface area contributed by atoms with E-state index in [1.165, 1.54) is 32.1 Å². The summed E-state index contributed by atoms with van der Waals surface area (Å²) in [6.45, 7) is 11.2. The molecule has 2 heteroatoms. The SMILES string of the molecule is CC(C)O.CCCCCCC.CCN(C)C. The fraction of sp³-hybridized carbons (Fsp3) is 1.00. The third-order valence-electron chi connectivity index (χ3n) is 1.84. The van der Waals surface area contributed by atoms with Crippen LogP contribution in [0.1, 0.15) is 66.7 Å². The quantitative estimate of drug-likeness (QED) is 0.727. The average Bonchev–Trinajstić information content (AvgIpc) is 2.19. The number of rotatable bonds is 5. The maximum atomic E-state index is 8.06. The van der Waals surface area contributed by atoms with E-state index in [0.717, 1.165) is 6.54 Å². The van der Waals surface area contributed by atoms with Crippen molar-refractivity contribution in [1.29, 1.82) is 0 Å². The molecule has 102 valence electrons. The zero-order chi connectivity index (χ0) is 13.4. The highest BCUT2D eigenvalue weighted by molar-refractivity contribution is 4.35. The summed E-state index contributed by atoms with van der Waals surface area (Å²) in [5.41, 5.74) is 0. The second kappa shape index (κ2) is 20.3. The van der Waals surface area contributed by atoms with Gasteiger partial charge in [-0.3, -0.25) is 0 Å². The van der Waals surface area contributed by atoms with Gasteiger partial charge in [0.15, 0.2) is 0 Å². The second-order valence-electron chi connectivity index (χ2n) is 4.55. The van der Waals surface area contributed by atoms with Gasteiger partial charge in [0.25, 0.3) is 0 Å². The smallest absolute Gasteiger partial charge is 0.0483 e. The Balaban J connectivity index is -0.000000166. The van der Waals surface area contributed by atoms with E-state index in [1.807, 2.05) is 0 Å². The van der Waals surface area contributed by atoms with Gasteiger partial charge >= 0.3 is 0 Å². The molecular weight excluding hydrogens is 198 g/mol. The van der Waals surface area contributed by atoms with Gasteiger partial charge in [0.2, 0.25) is 0 Å². The van der Waals surface area contributed by atoms with Crippen LogP contribution in [0.15, 0.2) is 0 Å². The number of hydrogen-bond donors (Lipinski definition) is 1. The Kier molecular flexibility index (Phi) is 27.0. The van der Waals surface area contributed by atoms with Crippen LogP contribution in [0, 0.1) is 0 Å². The van der Waals surface area contributed by atoms with Crippen LogP contribution in [0.25, 0.3) is 0 Å². The first kappa shape index (κ1) is 21.2. The van der Waals surface area contributed by atoms with E-state index in [9.17, 15) is 0 Å². The molecule has 0 amide bonds. The number of hydrogen-bond acceptors (Lipinski definition) is 2. The Labute approximate surface area is 104 Å². The number of aliphatic hydroxyl groups excluding tert-OH is 1. The number of unbranched alkanes of at least 4 members (excludes halogenated alkanes) is 4. The van der Waals surface area contributed by atoms with Gasteiger partial charge in [0.1, 0.15) is 0 Å². The predicted octanol–water partition coefficient (Wildman–Crippen LogP) is 3.93. The summed E-state index contributed by atoms with van der Waals surface area (Å²) in [5.74, 6) is 0. The highest BCUT2D eigenvalue weighted by Crippen LogP contribution is 2.00. The van der Waals surface area contributed by atoms with Crippen LogP contribution in [-0.2, 0) is 0 Å². The highest BCUT2D eigenvalue weighted by atomic mass is 16.3. The molecule has 0 aliphatic heterocycles. The van der Waals surface area contributed by atoms with E-state index in [2.05, 4.69) is 39.8 Å². The van der Waals surface area contributed by atoms with Gasteiger partial charge in [0, 0.05) is 6.10 Å². The van der Waals surface area contributed by atoms with Gasteiger partial charge in [-0.15, -0.1) is 0 Å². The maximum Gasteiger partial charge on any atom is 0.0483 e. The molecule has 16 heavy (non-hydrogen) atoms. The highest BCUT2D eigenvalue weighted by Gasteiger charge is 1.80. The second-order valence-corrected chi connectivity index (χ2v) is 4.55. The van der Waals surface area contributed by atoms with Crippen molar-refractivity contribution in [1.82, 2.24) is 4.90 Å². The molecule has 0 saturated carbocycles. The van der Waals surface area contributed by atoms with E-state index in [4.69, 9.17) is 5.11 Å². The van der Waals surface area contributed by atoms with Crippen molar-refractivity contribution in [2.75, 3.05) is 20.6 Å². The lowest BCUT2D eigenvalue weighted by atomic mass is 10.2. The van der Waals surface area contributed by atoms with E-state index < -0.39 is 0 Å². The fourth-order valence-electron chi connectivity index (χ4n) is 0.677. The average molecular weight is 233 g/mol. The summed E-state index contributed by atoms with van der Waals surface area (Å²) in [7, 11) is 4.11. The van der Waals surface area contributed by atoms with Crippen molar-refractivity contribution in [3.63, 3.8) is 0 Å². The molecule has 0 bridgehead atoms. The summed E-state index contributed by atoms with van der Waals surface area (Å²) < 4.78 is 0. The maximum absolute atomic E-state index is 8.06. The van der Waals surface area contributed by atoms with Crippen molar-refractivity contribution in [3.05, 3.63) is 0 Å². The minimum atomic E-state index is -0.167. The van der Waals surface area contributed by atoms with Crippen molar-refractivity contribution >= 4 is 0 Å². The van der Waals surface area contributed by atoms with Gasteiger partial charge < -0.3 is 10.0 Å². The third-order valence-corrected chi connectivity index (χ3v) is 1.84. The van der Waals surface area contributed by atoms with Crippen LogP contribution < -0.4 is 0 Å². The molecular formula is C14H35NO. The molecule has 1 N–H and O–H groups in total. The van der Waals surface area contributed by atoms with Crippen molar-refractivity contribution in [2.45, 2.75) is 72.8 Å². The summed E-state index contributed by atoms with van der Waals surface area (Å²) in [5, 5.41) is 8.06. The normalized spacial score (nSPS) is 9.38. The van der Waals surface area contributed by atoms with Crippen LogP contribution in [-0.4, -0.2) is 36.8 Å². The standard InChI is InChI=1S/C7H16.C4H11N.C3H8O/c1-3-5-7-6-4-2;1-4-5(2)3;1-3(2)4/h3-7H2,1-2H3;4H2,1-3H3;3-4H,1-2H3. The lowest BCUT2D eigenvalue weighted by Gasteiger charge is -2.00. The Morgan fingerprint density at radius 2 is 1.12 bits per heavy atom. The third kappa shape index (κ3) is 66.3. The molecule has 0 aliphatic carbocycles. The first-order valence-electron chi connectivity index (χ1n) is 6.74. The van der Waals surface area contributed by atoms with Crippen LogP contribution in [0.2, 0.25) is 0 Å². The van der Waals surface area contributed by atoms with Crippen molar-refractivity contribution < 1.29 is 5.11 Å². The zero-order valence-corrected chi connectivity index (χ0v) is 12.7. The van der Waals surface area contributed by atoms with E-state index in [0.29, 0.717) is 0 Å². The summed E-state index contributed by atoms with van der Waals surface area (Å²) in [6.07, 6.45) is 6.84. The first-order chi connectivity index (χ1) is 7.42. The minimum absolute atomic E-state index is 0.167. The zero-order valence-electron chi connectivity index (χ0n) is 12.7.